The molecule has 1 unspecified atom stereocenters. The van der Waals surface area contributed by atoms with Crippen LogP contribution in [0, 0.1) is 11.6 Å². The van der Waals surface area contributed by atoms with E-state index in [9.17, 15) is 24.1 Å². The zero-order chi connectivity index (χ0) is 18.0. The van der Waals surface area contributed by atoms with Crippen LogP contribution in [-0.4, -0.2) is 39.9 Å². The van der Waals surface area contributed by atoms with Gasteiger partial charge in [-0.3, -0.25) is 0 Å². The Morgan fingerprint density at radius 2 is 1.80 bits per heavy atom. The van der Waals surface area contributed by atoms with Gasteiger partial charge in [0.15, 0.2) is 11.6 Å². The van der Waals surface area contributed by atoms with Crippen LogP contribution in [0.3, 0.4) is 0 Å². The van der Waals surface area contributed by atoms with Crippen molar-refractivity contribution in [2.45, 2.75) is 24.5 Å². The number of halogens is 2. The average Bonchev–Trinajstić information content (AvgIpc) is 2.59. The van der Waals surface area contributed by atoms with Gasteiger partial charge in [-0.2, -0.15) is 0 Å². The molecule has 0 saturated carbocycles. The topological polar surface area (TPSA) is 63.9 Å². The summed E-state index contributed by atoms with van der Waals surface area (Å²) in [4.78, 5) is 1.98. The van der Waals surface area contributed by atoms with Crippen LogP contribution in [0.1, 0.15) is 30.1 Å². The highest BCUT2D eigenvalue weighted by molar-refractivity contribution is 5.29. The number of aliphatic hydroxyl groups is 2. The largest absolute Gasteiger partial charge is 0.505 e. The van der Waals surface area contributed by atoms with Crippen molar-refractivity contribution in [1.82, 2.24) is 4.90 Å². The molecule has 2 aromatic carbocycles. The molecular weight excluding hydrogens is 328 g/mol. The minimum Gasteiger partial charge on any atom is -0.505 e. The quantitative estimate of drug-likeness (QED) is 0.794. The Balaban J connectivity index is 1.61. The molecule has 134 valence electrons. The van der Waals surface area contributed by atoms with Gasteiger partial charge in [-0.15, -0.1) is 0 Å². The van der Waals surface area contributed by atoms with Gasteiger partial charge < -0.3 is 20.2 Å². The Morgan fingerprint density at radius 1 is 1.08 bits per heavy atom. The number of likely N-dealkylation sites (tertiary alicyclic amines) is 1. The highest BCUT2D eigenvalue weighted by atomic mass is 19.1. The highest BCUT2D eigenvalue weighted by Crippen LogP contribution is 2.33. The molecule has 3 rings (SSSR count). The number of β-amino-alcohol motifs (C(OH)–C–C–N with tert-alkyl or cyclic N) is 1. The third-order valence-electron chi connectivity index (χ3n) is 4.83. The first kappa shape index (κ1) is 17.8. The van der Waals surface area contributed by atoms with Crippen molar-refractivity contribution in [3.8, 4) is 5.75 Å². The second-order valence-corrected chi connectivity index (χ2v) is 6.57. The third-order valence-corrected chi connectivity index (χ3v) is 4.83. The SMILES string of the molecule is Oc1ccc(C(O)CN2CCC(O)(c3cccc(F)c3)CC2)cc1F. The number of rotatable bonds is 4. The number of phenols is 1. The number of hydrogen-bond donors (Lipinski definition) is 3. The zero-order valence-electron chi connectivity index (χ0n) is 13.7. The first-order chi connectivity index (χ1) is 11.9. The number of aliphatic hydroxyl groups excluding tert-OH is 1. The molecule has 0 radical (unpaired) electrons. The predicted molar refractivity (Wildman–Crippen MR) is 89.0 cm³/mol. The number of piperidine rings is 1. The standard InChI is InChI=1S/C19H21F2NO3/c20-15-3-1-2-14(11-15)19(25)6-8-22(9-7-19)12-18(24)13-4-5-17(23)16(21)10-13/h1-5,10-11,18,23-25H,6-9,12H2. The lowest BCUT2D eigenvalue weighted by molar-refractivity contribution is -0.0346. The molecular formula is C19H21F2NO3. The van der Waals surface area contributed by atoms with Gasteiger partial charge in [-0.1, -0.05) is 18.2 Å². The van der Waals surface area contributed by atoms with E-state index in [1.165, 1.54) is 24.3 Å². The van der Waals surface area contributed by atoms with E-state index in [1.807, 2.05) is 4.90 Å². The van der Waals surface area contributed by atoms with Crippen molar-refractivity contribution in [3.63, 3.8) is 0 Å². The van der Waals surface area contributed by atoms with Crippen LogP contribution >= 0.6 is 0 Å². The zero-order valence-corrected chi connectivity index (χ0v) is 13.7. The summed E-state index contributed by atoms with van der Waals surface area (Å²) >= 11 is 0. The third kappa shape index (κ3) is 3.98. The van der Waals surface area contributed by atoms with Gasteiger partial charge in [0, 0.05) is 19.6 Å². The van der Waals surface area contributed by atoms with Gasteiger partial charge in [-0.05, 0) is 48.2 Å². The van der Waals surface area contributed by atoms with Crippen molar-refractivity contribution in [2.24, 2.45) is 0 Å². The monoisotopic (exact) mass is 349 g/mol. The summed E-state index contributed by atoms with van der Waals surface area (Å²) in [6.45, 7) is 1.36. The number of nitrogens with zero attached hydrogens (tertiary/aromatic N) is 1. The molecule has 0 spiro atoms. The fourth-order valence-corrected chi connectivity index (χ4v) is 3.25. The summed E-state index contributed by atoms with van der Waals surface area (Å²) in [5.74, 6) is -1.59. The fourth-order valence-electron chi connectivity index (χ4n) is 3.25. The highest BCUT2D eigenvalue weighted by Gasteiger charge is 2.34. The van der Waals surface area contributed by atoms with Crippen molar-refractivity contribution >= 4 is 0 Å². The molecule has 1 atom stereocenters. The maximum atomic E-state index is 13.4. The smallest absolute Gasteiger partial charge is 0.165 e. The number of aromatic hydroxyl groups is 1. The van der Waals surface area contributed by atoms with Crippen LogP contribution in [0.4, 0.5) is 8.78 Å². The lowest BCUT2D eigenvalue weighted by Crippen LogP contribution is -2.44. The predicted octanol–water partition coefficient (Wildman–Crippen LogP) is 2.69. The summed E-state index contributed by atoms with van der Waals surface area (Å²) in [6, 6.07) is 9.81. The number of benzene rings is 2. The van der Waals surface area contributed by atoms with E-state index in [0.717, 1.165) is 6.07 Å². The van der Waals surface area contributed by atoms with Gasteiger partial charge in [0.2, 0.25) is 0 Å². The number of hydrogen-bond acceptors (Lipinski definition) is 4. The summed E-state index contributed by atoms with van der Waals surface area (Å²) < 4.78 is 26.8. The molecule has 1 saturated heterocycles. The molecule has 6 heteroatoms. The summed E-state index contributed by atoms with van der Waals surface area (Å²) in [6.07, 6.45) is -0.0456. The molecule has 0 aliphatic carbocycles. The van der Waals surface area contributed by atoms with Gasteiger partial charge >= 0.3 is 0 Å². The van der Waals surface area contributed by atoms with Crippen molar-refractivity contribution in [2.75, 3.05) is 19.6 Å². The normalized spacial score (nSPS) is 18.9. The Kier molecular flexibility index (Phi) is 5.03. The Morgan fingerprint density at radius 3 is 2.44 bits per heavy atom. The molecule has 1 heterocycles. The van der Waals surface area contributed by atoms with Gasteiger partial charge in [0.05, 0.1) is 11.7 Å². The Hall–Kier alpha value is -2.02. The van der Waals surface area contributed by atoms with E-state index in [1.54, 1.807) is 12.1 Å². The second kappa shape index (κ2) is 7.07. The summed E-state index contributed by atoms with van der Waals surface area (Å²) in [7, 11) is 0. The van der Waals surface area contributed by atoms with Crippen LogP contribution in [0.25, 0.3) is 0 Å². The molecule has 1 aliphatic heterocycles. The lowest BCUT2D eigenvalue weighted by atomic mass is 9.84. The maximum Gasteiger partial charge on any atom is 0.165 e. The van der Waals surface area contributed by atoms with E-state index in [0.29, 0.717) is 43.6 Å². The van der Waals surface area contributed by atoms with E-state index in [2.05, 4.69) is 0 Å². The van der Waals surface area contributed by atoms with Gasteiger partial charge in [0.1, 0.15) is 5.82 Å². The van der Waals surface area contributed by atoms with Crippen molar-refractivity contribution in [3.05, 3.63) is 65.2 Å². The molecule has 25 heavy (non-hydrogen) atoms. The van der Waals surface area contributed by atoms with E-state index in [4.69, 9.17) is 0 Å². The molecule has 0 amide bonds. The van der Waals surface area contributed by atoms with Crippen molar-refractivity contribution < 1.29 is 24.1 Å². The first-order valence-electron chi connectivity index (χ1n) is 8.25. The number of phenolic OH excluding ortho intramolecular Hbond substituents is 1. The molecule has 1 fully saturated rings. The van der Waals surface area contributed by atoms with Crippen LogP contribution < -0.4 is 0 Å². The van der Waals surface area contributed by atoms with Gasteiger partial charge in [-0.25, -0.2) is 8.78 Å². The van der Waals surface area contributed by atoms with E-state index < -0.39 is 23.3 Å². The summed E-state index contributed by atoms with van der Waals surface area (Å²) in [5, 5.41) is 30.3. The Bertz CT molecular complexity index is 745. The molecule has 0 aromatic heterocycles. The minimum atomic E-state index is -1.08. The van der Waals surface area contributed by atoms with Crippen LogP contribution in [-0.2, 0) is 5.60 Å². The van der Waals surface area contributed by atoms with Gasteiger partial charge in [0.25, 0.3) is 0 Å². The lowest BCUT2D eigenvalue weighted by Gasteiger charge is -2.39. The fraction of sp³-hybridized carbons (Fsp3) is 0.368. The molecule has 4 nitrogen and oxygen atoms in total. The van der Waals surface area contributed by atoms with Crippen LogP contribution in [0.5, 0.6) is 5.75 Å². The molecule has 1 aliphatic rings. The van der Waals surface area contributed by atoms with Crippen LogP contribution in [0.2, 0.25) is 0 Å². The molecule has 0 bridgehead atoms. The molecule has 3 N–H and O–H groups in total. The maximum absolute atomic E-state index is 13.4. The minimum absolute atomic E-state index is 0.295. The van der Waals surface area contributed by atoms with E-state index in [-0.39, 0.29) is 5.82 Å². The van der Waals surface area contributed by atoms with E-state index >= 15 is 0 Å². The molecule has 2 aromatic rings. The second-order valence-electron chi connectivity index (χ2n) is 6.57. The Labute approximate surface area is 145 Å². The van der Waals surface area contributed by atoms with Crippen molar-refractivity contribution in [1.29, 1.82) is 0 Å². The average molecular weight is 349 g/mol. The first-order valence-corrected chi connectivity index (χ1v) is 8.25. The summed E-state index contributed by atoms with van der Waals surface area (Å²) in [5.41, 5.74) is -0.122. The van der Waals surface area contributed by atoms with Crippen LogP contribution in [0.15, 0.2) is 42.5 Å².